The summed E-state index contributed by atoms with van der Waals surface area (Å²) in [5.41, 5.74) is 3.75. The molecule has 2 atom stereocenters. The number of halogens is 1. The van der Waals surface area contributed by atoms with Crippen molar-refractivity contribution >= 4 is 11.6 Å². The topological polar surface area (TPSA) is 93.6 Å². The van der Waals surface area contributed by atoms with Crippen LogP contribution in [0.3, 0.4) is 0 Å². The van der Waals surface area contributed by atoms with Crippen LogP contribution in [0, 0.1) is 26.2 Å². The fourth-order valence-corrected chi connectivity index (χ4v) is 4.85. The van der Waals surface area contributed by atoms with E-state index in [-0.39, 0.29) is 30.2 Å². The first-order valence-corrected chi connectivity index (χ1v) is 11.4. The highest BCUT2D eigenvalue weighted by atomic mass is 19.1. The van der Waals surface area contributed by atoms with Gasteiger partial charge in [0.1, 0.15) is 12.1 Å². The fourth-order valence-electron chi connectivity index (χ4n) is 4.85. The molecule has 11 heteroatoms. The van der Waals surface area contributed by atoms with Crippen molar-refractivity contribution < 1.29 is 13.9 Å². The third-order valence-electron chi connectivity index (χ3n) is 6.77. The number of nitrogens with zero attached hydrogens (tertiary/aromatic N) is 8. The second kappa shape index (κ2) is 9.48. The van der Waals surface area contributed by atoms with Crippen molar-refractivity contribution in [3.8, 4) is 5.69 Å². The third kappa shape index (κ3) is 4.50. The molecule has 4 heterocycles. The van der Waals surface area contributed by atoms with Gasteiger partial charge in [0.25, 0.3) is 0 Å². The van der Waals surface area contributed by atoms with Gasteiger partial charge in [-0.25, -0.2) is 9.24 Å². The zero-order valence-corrected chi connectivity index (χ0v) is 19.6. The Morgan fingerprint density at radius 3 is 2.83 bits per heavy atom. The van der Waals surface area contributed by atoms with Crippen molar-refractivity contribution in [1.29, 1.82) is 0 Å². The van der Waals surface area contributed by atoms with Crippen LogP contribution in [0.15, 0.2) is 30.6 Å². The van der Waals surface area contributed by atoms with Crippen LogP contribution in [0.5, 0.6) is 0 Å². The molecule has 0 N–H and O–H groups in total. The van der Waals surface area contributed by atoms with E-state index in [1.807, 2.05) is 24.0 Å². The van der Waals surface area contributed by atoms with E-state index in [4.69, 9.17) is 11.3 Å². The Morgan fingerprint density at radius 1 is 1.23 bits per heavy atom. The van der Waals surface area contributed by atoms with Crippen LogP contribution in [-0.2, 0) is 16.0 Å². The van der Waals surface area contributed by atoms with Gasteiger partial charge < -0.3 is 9.64 Å². The van der Waals surface area contributed by atoms with E-state index in [1.165, 1.54) is 12.4 Å². The van der Waals surface area contributed by atoms with Gasteiger partial charge in [0.15, 0.2) is 0 Å². The zero-order valence-electron chi connectivity index (χ0n) is 19.6. The lowest BCUT2D eigenvalue weighted by Crippen LogP contribution is -2.59. The number of amides is 1. The van der Waals surface area contributed by atoms with Crippen LogP contribution >= 0.6 is 0 Å². The van der Waals surface area contributed by atoms with E-state index < -0.39 is 5.82 Å². The Balaban J connectivity index is 1.21. The molecule has 0 saturated carbocycles. The number of tetrazole rings is 1. The van der Waals surface area contributed by atoms with Gasteiger partial charge in [-0.2, -0.15) is 4.68 Å². The van der Waals surface area contributed by atoms with Crippen LogP contribution in [0.25, 0.3) is 10.5 Å². The second-order valence-corrected chi connectivity index (χ2v) is 8.87. The molecule has 1 aromatic carbocycles. The summed E-state index contributed by atoms with van der Waals surface area (Å²) in [6.07, 6.45) is 1.51. The number of aromatic nitrogens is 5. The molecule has 3 aromatic rings. The maximum absolute atomic E-state index is 13.9. The van der Waals surface area contributed by atoms with Gasteiger partial charge in [0.2, 0.25) is 11.6 Å². The van der Waals surface area contributed by atoms with Crippen LogP contribution < -0.4 is 0 Å². The summed E-state index contributed by atoms with van der Waals surface area (Å²) in [6, 6.07) is 6.85. The quantitative estimate of drug-likeness (QED) is 0.533. The monoisotopic (exact) mass is 476 g/mol. The normalized spacial score (nSPS) is 20.3. The number of morpholine rings is 1. The molecule has 35 heavy (non-hydrogen) atoms. The predicted molar refractivity (Wildman–Crippen MR) is 123 cm³/mol. The lowest BCUT2D eigenvalue weighted by Gasteiger charge is -2.46. The summed E-state index contributed by atoms with van der Waals surface area (Å²) < 4.78 is 21.6. The van der Waals surface area contributed by atoms with Gasteiger partial charge >= 0.3 is 0 Å². The number of fused-ring (bicyclic) bond motifs is 1. The van der Waals surface area contributed by atoms with Crippen molar-refractivity contribution in [3.05, 3.63) is 70.3 Å². The number of rotatable bonds is 4. The highest BCUT2D eigenvalue weighted by Gasteiger charge is 2.36. The van der Waals surface area contributed by atoms with Crippen LogP contribution in [0.1, 0.15) is 28.6 Å². The molecule has 0 radical (unpaired) electrons. The molecule has 180 valence electrons. The molecular weight excluding hydrogens is 451 g/mol. The molecule has 2 aromatic heterocycles. The highest BCUT2D eigenvalue weighted by Crippen LogP contribution is 2.34. The van der Waals surface area contributed by atoms with Crippen molar-refractivity contribution in [2.75, 3.05) is 32.8 Å². The molecule has 1 amide bonds. The third-order valence-corrected chi connectivity index (χ3v) is 6.77. The first kappa shape index (κ1) is 23.0. The summed E-state index contributed by atoms with van der Waals surface area (Å²) in [4.78, 5) is 25.1. The predicted octanol–water partition coefficient (Wildman–Crippen LogP) is 2.19. The van der Waals surface area contributed by atoms with Crippen molar-refractivity contribution in [2.24, 2.45) is 0 Å². The minimum Gasteiger partial charge on any atom is -0.371 e. The first-order valence-electron chi connectivity index (χ1n) is 11.4. The molecule has 2 aliphatic heterocycles. The fraction of sp³-hybridized carbons (Fsp3) is 0.417. The van der Waals surface area contributed by atoms with Gasteiger partial charge in [0.05, 0.1) is 48.8 Å². The van der Waals surface area contributed by atoms with Crippen LogP contribution in [-0.4, -0.2) is 79.7 Å². The van der Waals surface area contributed by atoms with Gasteiger partial charge in [-0.05, 0) is 53.6 Å². The molecule has 0 aliphatic carbocycles. The summed E-state index contributed by atoms with van der Waals surface area (Å²) in [5, 5.41) is 11.2. The summed E-state index contributed by atoms with van der Waals surface area (Å²) in [6.45, 7) is 14.0. The number of piperazine rings is 1. The van der Waals surface area contributed by atoms with E-state index in [0.29, 0.717) is 37.5 Å². The Bertz CT molecular complexity index is 1290. The average Bonchev–Trinajstić information content (AvgIpc) is 3.38. The molecule has 2 aliphatic rings. The molecule has 2 saturated heterocycles. The Kier molecular flexibility index (Phi) is 6.23. The molecule has 0 unspecified atom stereocenters. The van der Waals surface area contributed by atoms with E-state index in [2.05, 4.69) is 30.3 Å². The number of hydrogen-bond donors (Lipinski definition) is 0. The number of carbonyl (C=O) groups excluding carboxylic acids is 1. The first-order chi connectivity index (χ1) is 16.9. The average molecular weight is 477 g/mol. The minimum atomic E-state index is -0.503. The van der Waals surface area contributed by atoms with Crippen molar-refractivity contribution in [1.82, 2.24) is 35.0 Å². The molecule has 0 spiro atoms. The highest BCUT2D eigenvalue weighted by molar-refractivity contribution is 5.78. The van der Waals surface area contributed by atoms with E-state index in [0.717, 1.165) is 23.5 Å². The van der Waals surface area contributed by atoms with Crippen molar-refractivity contribution in [2.45, 2.75) is 32.4 Å². The Morgan fingerprint density at radius 2 is 2.09 bits per heavy atom. The Hall–Kier alpha value is -3.75. The molecule has 2 fully saturated rings. The summed E-state index contributed by atoms with van der Waals surface area (Å²) >= 11 is 0. The van der Waals surface area contributed by atoms with Gasteiger partial charge in [0, 0.05) is 26.2 Å². The molecule has 0 bridgehead atoms. The largest absolute Gasteiger partial charge is 0.371 e. The van der Waals surface area contributed by atoms with Crippen LogP contribution in [0.2, 0.25) is 0 Å². The maximum Gasteiger partial charge on any atom is 0.228 e. The minimum absolute atomic E-state index is 0.0323. The maximum atomic E-state index is 13.9. The number of ether oxygens (including phenoxy) is 1. The Labute approximate surface area is 202 Å². The second-order valence-electron chi connectivity index (χ2n) is 8.87. The van der Waals surface area contributed by atoms with Crippen LogP contribution in [0.4, 0.5) is 10.1 Å². The van der Waals surface area contributed by atoms with Gasteiger partial charge in [-0.3, -0.25) is 14.7 Å². The van der Waals surface area contributed by atoms with E-state index in [9.17, 15) is 9.18 Å². The molecule has 10 nitrogen and oxygen atoms in total. The zero-order chi connectivity index (χ0) is 24.5. The lowest BCUT2D eigenvalue weighted by atomic mass is 9.98. The number of hydrogen-bond acceptors (Lipinski definition) is 7. The number of aryl methyl sites for hydroxylation is 1. The van der Waals surface area contributed by atoms with E-state index in [1.54, 1.807) is 17.7 Å². The standard InChI is InChI=1S/C24H25FN8O2/c1-15-19(5-6-20(25)24(15)26-3)22-12-31-8-9-32(11-18(31)13-35-22)23(34)10-17-4-7-21(16(2)28-17)33-14-27-29-30-33/h4-7,14,18,22H,8-13H2,1-2H3/t18-,22+/m1/s1. The van der Waals surface area contributed by atoms with E-state index >= 15 is 0 Å². The number of pyridine rings is 1. The van der Waals surface area contributed by atoms with Gasteiger partial charge in [-0.15, -0.1) is 5.10 Å². The number of carbonyl (C=O) groups is 1. The summed E-state index contributed by atoms with van der Waals surface area (Å²) in [5.74, 6) is -0.471. The summed E-state index contributed by atoms with van der Waals surface area (Å²) in [7, 11) is 0. The van der Waals surface area contributed by atoms with Gasteiger partial charge in [-0.1, -0.05) is 6.07 Å². The van der Waals surface area contributed by atoms with Crippen molar-refractivity contribution in [3.63, 3.8) is 0 Å². The smallest absolute Gasteiger partial charge is 0.228 e. The number of benzene rings is 1. The molecule has 5 rings (SSSR count). The SMILES string of the molecule is [C-]#[N+]c1c(F)ccc([C@@H]2CN3CCN(C(=O)Cc4ccc(-n5cnnn5)c(C)n4)C[C@@H]3CO2)c1C. The molecular formula is C24H25FN8O2. The lowest BCUT2D eigenvalue weighted by molar-refractivity contribution is -0.139.